The number of nitrogens with zero attached hydrogens (tertiary/aromatic N) is 1. The first-order valence-corrected chi connectivity index (χ1v) is 5.27. The highest BCUT2D eigenvalue weighted by Gasteiger charge is 2.08. The zero-order chi connectivity index (χ0) is 12.1. The topological polar surface area (TPSA) is 64.4 Å². The van der Waals surface area contributed by atoms with E-state index in [0.29, 0.717) is 5.75 Å². The molecule has 2 rings (SSSR count). The molecule has 1 aromatic heterocycles. The molecule has 0 saturated heterocycles. The zero-order valence-corrected chi connectivity index (χ0v) is 9.34. The van der Waals surface area contributed by atoms with E-state index in [-0.39, 0.29) is 5.88 Å². The Hall–Kier alpha value is -2.30. The molecule has 0 radical (unpaired) electrons. The molecule has 88 valence electrons. The lowest BCUT2D eigenvalue weighted by atomic mass is 10.3. The molecule has 0 fully saturated rings. The van der Waals surface area contributed by atoms with Crippen molar-refractivity contribution >= 4 is 12.0 Å². The van der Waals surface area contributed by atoms with Crippen LogP contribution in [0.5, 0.6) is 5.75 Å². The van der Waals surface area contributed by atoms with E-state index in [2.05, 4.69) is 10.5 Å². The van der Waals surface area contributed by atoms with Crippen molar-refractivity contribution in [3.05, 3.63) is 42.1 Å². The molecular weight excluding hydrogens is 220 g/mol. The highest BCUT2D eigenvalue weighted by atomic mass is 16.6. The number of nitrogens with one attached hydrogen (secondary N) is 1. The zero-order valence-electron chi connectivity index (χ0n) is 9.34. The van der Waals surface area contributed by atoms with E-state index in [4.69, 9.17) is 9.26 Å². The van der Waals surface area contributed by atoms with Crippen LogP contribution in [0.4, 0.5) is 10.7 Å². The highest BCUT2D eigenvalue weighted by Crippen LogP contribution is 2.12. The maximum Gasteiger partial charge on any atom is 0.419 e. The second kappa shape index (κ2) is 5.16. The lowest BCUT2D eigenvalue weighted by Gasteiger charge is -2.02. The average molecular weight is 232 g/mol. The van der Waals surface area contributed by atoms with Crippen LogP contribution in [0, 0.1) is 0 Å². The Kier molecular flexibility index (Phi) is 3.40. The predicted octanol–water partition coefficient (Wildman–Crippen LogP) is 2.85. The van der Waals surface area contributed by atoms with Crippen molar-refractivity contribution < 1.29 is 14.1 Å². The molecule has 0 spiro atoms. The van der Waals surface area contributed by atoms with Gasteiger partial charge in [-0.2, -0.15) is 0 Å². The van der Waals surface area contributed by atoms with Gasteiger partial charge in [0.2, 0.25) is 5.88 Å². The number of anilines is 1. The van der Waals surface area contributed by atoms with E-state index < -0.39 is 6.09 Å². The van der Waals surface area contributed by atoms with Gasteiger partial charge in [-0.3, -0.25) is 5.32 Å². The molecule has 0 aliphatic heterocycles. The van der Waals surface area contributed by atoms with Gasteiger partial charge in [-0.15, -0.1) is 0 Å². The van der Waals surface area contributed by atoms with Gasteiger partial charge in [0, 0.05) is 6.07 Å². The monoisotopic (exact) mass is 232 g/mol. The van der Waals surface area contributed by atoms with Gasteiger partial charge in [-0.05, 0) is 18.6 Å². The minimum atomic E-state index is -0.602. The molecule has 0 bridgehead atoms. The van der Waals surface area contributed by atoms with Crippen molar-refractivity contribution in [2.75, 3.05) is 5.32 Å². The van der Waals surface area contributed by atoms with Crippen LogP contribution in [0.3, 0.4) is 0 Å². The first kappa shape index (κ1) is 11.2. The number of carbonyl (C=O) groups excluding carboxylic acids is 1. The number of hydrogen-bond acceptors (Lipinski definition) is 4. The van der Waals surface area contributed by atoms with E-state index in [1.54, 1.807) is 30.3 Å². The van der Waals surface area contributed by atoms with Gasteiger partial charge in [0.05, 0.1) is 5.69 Å². The van der Waals surface area contributed by atoms with E-state index in [0.717, 1.165) is 12.1 Å². The fraction of sp³-hybridized carbons (Fsp3) is 0.167. The fourth-order valence-electron chi connectivity index (χ4n) is 1.26. The molecule has 1 aromatic carbocycles. The summed E-state index contributed by atoms with van der Waals surface area (Å²) in [6.07, 6.45) is 0.147. The SMILES string of the molecule is CCc1cc(NC(=O)Oc2ccccc2)on1. The summed E-state index contributed by atoms with van der Waals surface area (Å²) >= 11 is 0. The van der Waals surface area contributed by atoms with Crippen LogP contribution < -0.4 is 10.1 Å². The van der Waals surface area contributed by atoms with Gasteiger partial charge < -0.3 is 9.26 Å². The molecule has 5 heteroatoms. The molecule has 0 unspecified atom stereocenters. The standard InChI is InChI=1S/C12H12N2O3/c1-2-9-8-11(17-14-9)13-12(15)16-10-6-4-3-5-7-10/h3-8H,2H2,1H3,(H,13,15). The molecular formula is C12H12N2O3. The Morgan fingerprint density at radius 1 is 1.41 bits per heavy atom. The summed E-state index contributed by atoms with van der Waals surface area (Å²) in [6.45, 7) is 1.95. The maximum absolute atomic E-state index is 11.5. The number of ether oxygens (including phenoxy) is 1. The molecule has 0 aliphatic rings. The fourth-order valence-corrected chi connectivity index (χ4v) is 1.26. The van der Waals surface area contributed by atoms with E-state index >= 15 is 0 Å². The number of carbonyl (C=O) groups is 1. The van der Waals surface area contributed by atoms with Gasteiger partial charge >= 0.3 is 6.09 Å². The smallest absolute Gasteiger partial charge is 0.410 e. The highest BCUT2D eigenvalue weighted by molar-refractivity contribution is 5.84. The Labute approximate surface area is 98.4 Å². The van der Waals surface area contributed by atoms with Crippen LogP contribution in [0.25, 0.3) is 0 Å². The Balaban J connectivity index is 1.93. The number of aryl methyl sites for hydroxylation is 1. The van der Waals surface area contributed by atoms with Gasteiger partial charge in [0.1, 0.15) is 5.75 Å². The third-order valence-electron chi connectivity index (χ3n) is 2.10. The lowest BCUT2D eigenvalue weighted by molar-refractivity contribution is 0.214. The molecule has 5 nitrogen and oxygen atoms in total. The Bertz CT molecular complexity index is 493. The number of rotatable bonds is 3. The second-order valence-corrected chi connectivity index (χ2v) is 3.36. The van der Waals surface area contributed by atoms with Crippen LogP contribution in [0.15, 0.2) is 40.9 Å². The van der Waals surface area contributed by atoms with Crippen molar-refractivity contribution in [3.8, 4) is 5.75 Å². The maximum atomic E-state index is 11.5. The summed E-state index contributed by atoms with van der Waals surface area (Å²) in [5.74, 6) is 0.753. The molecule has 1 heterocycles. The van der Waals surface area contributed by atoms with Crippen molar-refractivity contribution in [1.82, 2.24) is 5.16 Å². The third-order valence-corrected chi connectivity index (χ3v) is 2.10. The quantitative estimate of drug-likeness (QED) is 0.883. The summed E-state index contributed by atoms with van der Waals surface area (Å²) in [4.78, 5) is 11.5. The summed E-state index contributed by atoms with van der Waals surface area (Å²) in [5, 5.41) is 6.20. The third kappa shape index (κ3) is 3.07. The van der Waals surface area contributed by atoms with Crippen molar-refractivity contribution in [1.29, 1.82) is 0 Å². The van der Waals surface area contributed by atoms with Crippen molar-refractivity contribution in [2.45, 2.75) is 13.3 Å². The average Bonchev–Trinajstić information content (AvgIpc) is 2.78. The van der Waals surface area contributed by atoms with Gasteiger partial charge in [-0.25, -0.2) is 4.79 Å². The van der Waals surface area contributed by atoms with Crippen molar-refractivity contribution in [2.24, 2.45) is 0 Å². The molecule has 0 aliphatic carbocycles. The minimum Gasteiger partial charge on any atom is -0.410 e. The molecule has 17 heavy (non-hydrogen) atoms. The summed E-state index contributed by atoms with van der Waals surface area (Å²) in [5.41, 5.74) is 0.778. The largest absolute Gasteiger partial charge is 0.419 e. The molecule has 2 aromatic rings. The van der Waals surface area contributed by atoms with Crippen molar-refractivity contribution in [3.63, 3.8) is 0 Å². The van der Waals surface area contributed by atoms with E-state index in [9.17, 15) is 4.79 Å². The molecule has 1 N–H and O–H groups in total. The summed E-state index contributed by atoms with van der Waals surface area (Å²) in [7, 11) is 0. The normalized spacial score (nSPS) is 9.94. The Morgan fingerprint density at radius 2 is 2.18 bits per heavy atom. The molecule has 1 amide bonds. The number of amides is 1. The van der Waals surface area contributed by atoms with Crippen LogP contribution in [-0.2, 0) is 6.42 Å². The number of benzene rings is 1. The van der Waals surface area contributed by atoms with Crippen LogP contribution in [-0.4, -0.2) is 11.2 Å². The number of hydrogen-bond donors (Lipinski definition) is 1. The first-order chi connectivity index (χ1) is 8.28. The van der Waals surface area contributed by atoms with Crippen LogP contribution in [0.2, 0.25) is 0 Å². The van der Waals surface area contributed by atoms with Gasteiger partial charge in [0.15, 0.2) is 0 Å². The predicted molar refractivity (Wildman–Crippen MR) is 62.0 cm³/mol. The summed E-state index contributed by atoms with van der Waals surface area (Å²) in [6, 6.07) is 10.5. The van der Waals surface area contributed by atoms with Gasteiger partial charge in [-0.1, -0.05) is 30.3 Å². The molecule has 0 atom stereocenters. The summed E-state index contributed by atoms with van der Waals surface area (Å²) < 4.78 is 9.93. The van der Waals surface area contributed by atoms with Gasteiger partial charge in [0.25, 0.3) is 0 Å². The second-order valence-electron chi connectivity index (χ2n) is 3.36. The number of aromatic nitrogens is 1. The first-order valence-electron chi connectivity index (χ1n) is 5.27. The minimum absolute atomic E-state index is 0.280. The van der Waals surface area contributed by atoms with Crippen LogP contribution in [0.1, 0.15) is 12.6 Å². The van der Waals surface area contributed by atoms with Crippen LogP contribution >= 0.6 is 0 Å². The molecule has 0 saturated carbocycles. The number of para-hydroxylation sites is 1. The Morgan fingerprint density at radius 3 is 2.82 bits per heavy atom. The lowest BCUT2D eigenvalue weighted by Crippen LogP contribution is -2.16. The van der Waals surface area contributed by atoms with E-state index in [1.807, 2.05) is 13.0 Å². The van der Waals surface area contributed by atoms with E-state index in [1.165, 1.54) is 0 Å².